The van der Waals surface area contributed by atoms with Crippen molar-refractivity contribution >= 4 is 12.4 Å². The van der Waals surface area contributed by atoms with Crippen molar-refractivity contribution in [1.82, 2.24) is 5.32 Å². The van der Waals surface area contributed by atoms with Gasteiger partial charge in [0.2, 0.25) is 0 Å². The van der Waals surface area contributed by atoms with E-state index in [1.807, 2.05) is 13.8 Å². The summed E-state index contributed by atoms with van der Waals surface area (Å²) in [5.41, 5.74) is -0.356. The average Bonchev–Trinajstić information content (AvgIpc) is 2.57. The highest BCUT2D eigenvalue weighted by Crippen LogP contribution is 2.65. The van der Waals surface area contributed by atoms with Gasteiger partial charge in [0.15, 0.2) is 0 Å². The Labute approximate surface area is 123 Å². The standard InChI is InChI=1S/C15H29NO2.ClH/c1-6-14(4,18)9-16-12-11(17)10-7-8-15(12,5)13(10,2)3;/h10-12,16-18H,6-9H2,1-5H3;1H. The molecule has 19 heavy (non-hydrogen) atoms. The quantitative estimate of drug-likeness (QED) is 0.745. The van der Waals surface area contributed by atoms with E-state index in [4.69, 9.17) is 0 Å². The first-order valence-corrected chi connectivity index (χ1v) is 7.29. The van der Waals surface area contributed by atoms with Gasteiger partial charge in [-0.25, -0.2) is 0 Å². The van der Waals surface area contributed by atoms with E-state index in [0.717, 1.165) is 12.8 Å². The Morgan fingerprint density at radius 1 is 1.32 bits per heavy atom. The number of hydrogen-bond acceptors (Lipinski definition) is 3. The topological polar surface area (TPSA) is 52.5 Å². The predicted octanol–water partition coefficient (Wildman–Crippen LogP) is 2.34. The minimum atomic E-state index is -0.679. The minimum absolute atomic E-state index is 0. The number of rotatable bonds is 4. The number of aliphatic hydroxyl groups excluding tert-OH is 1. The van der Waals surface area contributed by atoms with Crippen LogP contribution in [0, 0.1) is 16.7 Å². The third kappa shape index (κ3) is 2.44. The van der Waals surface area contributed by atoms with Crippen LogP contribution in [0.4, 0.5) is 0 Å². The molecule has 4 heteroatoms. The maximum Gasteiger partial charge on any atom is 0.0741 e. The lowest BCUT2D eigenvalue weighted by Crippen LogP contribution is -2.53. The second-order valence-corrected chi connectivity index (χ2v) is 7.48. The molecule has 114 valence electrons. The number of aliphatic hydroxyl groups is 2. The second-order valence-electron chi connectivity index (χ2n) is 7.48. The molecule has 5 unspecified atom stereocenters. The van der Waals surface area contributed by atoms with Crippen LogP contribution in [0.1, 0.15) is 53.9 Å². The summed E-state index contributed by atoms with van der Waals surface area (Å²) < 4.78 is 0. The summed E-state index contributed by atoms with van der Waals surface area (Å²) in [4.78, 5) is 0. The molecule has 2 saturated carbocycles. The van der Waals surface area contributed by atoms with Crippen LogP contribution < -0.4 is 5.32 Å². The second kappa shape index (κ2) is 5.18. The Morgan fingerprint density at radius 2 is 1.89 bits per heavy atom. The summed E-state index contributed by atoms with van der Waals surface area (Å²) >= 11 is 0. The Kier molecular flexibility index (Phi) is 4.69. The molecule has 0 radical (unpaired) electrons. The SMILES string of the molecule is CCC(C)(O)CNC1C(O)C2CCC1(C)C2(C)C.Cl. The molecule has 2 fully saturated rings. The number of halogens is 1. The van der Waals surface area contributed by atoms with Gasteiger partial charge < -0.3 is 15.5 Å². The van der Waals surface area contributed by atoms with Gasteiger partial charge in [0.05, 0.1) is 11.7 Å². The van der Waals surface area contributed by atoms with E-state index in [9.17, 15) is 10.2 Å². The van der Waals surface area contributed by atoms with E-state index in [2.05, 4.69) is 26.1 Å². The molecule has 2 bridgehead atoms. The van der Waals surface area contributed by atoms with Crippen molar-refractivity contribution in [3.05, 3.63) is 0 Å². The lowest BCUT2D eigenvalue weighted by atomic mass is 9.69. The van der Waals surface area contributed by atoms with Gasteiger partial charge in [0.1, 0.15) is 0 Å². The normalized spacial score (nSPS) is 42.8. The monoisotopic (exact) mass is 291 g/mol. The van der Waals surface area contributed by atoms with Crippen LogP contribution in [0.15, 0.2) is 0 Å². The van der Waals surface area contributed by atoms with Crippen LogP contribution in [0.5, 0.6) is 0 Å². The average molecular weight is 292 g/mol. The van der Waals surface area contributed by atoms with Gasteiger partial charge >= 0.3 is 0 Å². The zero-order valence-corrected chi connectivity index (χ0v) is 13.7. The molecule has 0 amide bonds. The van der Waals surface area contributed by atoms with Gasteiger partial charge in [-0.2, -0.15) is 0 Å². The summed E-state index contributed by atoms with van der Waals surface area (Å²) in [6, 6.07) is 0.115. The van der Waals surface area contributed by atoms with Gasteiger partial charge in [0.25, 0.3) is 0 Å². The van der Waals surface area contributed by atoms with E-state index >= 15 is 0 Å². The van der Waals surface area contributed by atoms with Crippen LogP contribution in [0.3, 0.4) is 0 Å². The zero-order chi connectivity index (χ0) is 13.8. The van der Waals surface area contributed by atoms with Crippen molar-refractivity contribution in [2.75, 3.05) is 6.54 Å². The fraction of sp³-hybridized carbons (Fsp3) is 1.00. The fourth-order valence-electron chi connectivity index (χ4n) is 4.13. The maximum atomic E-state index is 10.5. The molecule has 3 nitrogen and oxygen atoms in total. The van der Waals surface area contributed by atoms with Crippen LogP contribution in [-0.2, 0) is 0 Å². The first-order chi connectivity index (χ1) is 8.16. The summed E-state index contributed by atoms with van der Waals surface area (Å²) in [7, 11) is 0. The molecule has 0 spiro atoms. The maximum absolute atomic E-state index is 10.5. The molecule has 0 aromatic rings. The third-order valence-electron chi connectivity index (χ3n) is 6.28. The predicted molar refractivity (Wildman–Crippen MR) is 80.6 cm³/mol. The largest absolute Gasteiger partial charge is 0.391 e. The van der Waals surface area contributed by atoms with Crippen molar-refractivity contribution in [1.29, 1.82) is 0 Å². The van der Waals surface area contributed by atoms with E-state index < -0.39 is 5.60 Å². The Balaban J connectivity index is 0.00000180. The van der Waals surface area contributed by atoms with Crippen molar-refractivity contribution in [3.8, 4) is 0 Å². The first-order valence-electron chi connectivity index (χ1n) is 7.29. The van der Waals surface area contributed by atoms with Gasteiger partial charge in [-0.1, -0.05) is 27.7 Å². The van der Waals surface area contributed by atoms with Gasteiger partial charge in [-0.05, 0) is 42.9 Å². The molecule has 0 aliphatic heterocycles. The van der Waals surface area contributed by atoms with Crippen LogP contribution in [0.25, 0.3) is 0 Å². The highest BCUT2D eigenvalue weighted by atomic mass is 35.5. The van der Waals surface area contributed by atoms with Gasteiger partial charge in [-0.3, -0.25) is 0 Å². The molecule has 0 aromatic heterocycles. The highest BCUT2D eigenvalue weighted by Gasteiger charge is 2.65. The first kappa shape index (κ1) is 17.2. The zero-order valence-electron chi connectivity index (χ0n) is 12.9. The van der Waals surface area contributed by atoms with E-state index in [-0.39, 0.29) is 35.4 Å². The third-order valence-corrected chi connectivity index (χ3v) is 6.28. The Hall–Kier alpha value is 0.170. The summed E-state index contributed by atoms with van der Waals surface area (Å²) in [5.74, 6) is 0.395. The van der Waals surface area contributed by atoms with Crippen molar-refractivity contribution in [2.24, 2.45) is 16.7 Å². The molecular weight excluding hydrogens is 262 g/mol. The smallest absolute Gasteiger partial charge is 0.0741 e. The fourth-order valence-corrected chi connectivity index (χ4v) is 4.13. The molecule has 2 aliphatic carbocycles. The molecule has 2 rings (SSSR count). The summed E-state index contributed by atoms with van der Waals surface area (Å²) in [6.45, 7) is 11.3. The molecule has 2 aliphatic rings. The van der Waals surface area contributed by atoms with E-state index in [0.29, 0.717) is 12.5 Å². The van der Waals surface area contributed by atoms with Crippen molar-refractivity contribution in [2.45, 2.75) is 71.6 Å². The molecular formula is C15H30ClNO2. The van der Waals surface area contributed by atoms with E-state index in [1.165, 1.54) is 6.42 Å². The molecule has 0 heterocycles. The molecule has 0 saturated heterocycles. The van der Waals surface area contributed by atoms with Gasteiger partial charge in [-0.15, -0.1) is 12.4 Å². The lowest BCUT2D eigenvalue weighted by molar-refractivity contribution is 0.0191. The minimum Gasteiger partial charge on any atom is -0.391 e. The molecule has 0 aromatic carbocycles. The van der Waals surface area contributed by atoms with E-state index in [1.54, 1.807) is 0 Å². The molecule has 5 atom stereocenters. The Morgan fingerprint density at radius 3 is 2.32 bits per heavy atom. The Bertz CT molecular complexity index is 332. The molecule has 3 N–H and O–H groups in total. The summed E-state index contributed by atoms with van der Waals surface area (Å²) in [6.07, 6.45) is 2.76. The number of nitrogens with one attached hydrogen (secondary N) is 1. The lowest BCUT2D eigenvalue weighted by Gasteiger charge is -2.41. The van der Waals surface area contributed by atoms with Crippen molar-refractivity contribution in [3.63, 3.8) is 0 Å². The van der Waals surface area contributed by atoms with Crippen LogP contribution in [-0.4, -0.2) is 34.5 Å². The van der Waals surface area contributed by atoms with Crippen molar-refractivity contribution < 1.29 is 10.2 Å². The van der Waals surface area contributed by atoms with Crippen LogP contribution >= 0.6 is 12.4 Å². The van der Waals surface area contributed by atoms with Crippen LogP contribution in [0.2, 0.25) is 0 Å². The summed E-state index contributed by atoms with van der Waals surface area (Å²) in [5, 5.41) is 24.1. The number of fused-ring (bicyclic) bond motifs is 2. The highest BCUT2D eigenvalue weighted by molar-refractivity contribution is 5.85. The van der Waals surface area contributed by atoms with Gasteiger partial charge in [0, 0.05) is 12.6 Å². The number of hydrogen-bond donors (Lipinski definition) is 3.